The zero-order valence-electron chi connectivity index (χ0n) is 20.9. The molecule has 12 heteroatoms. The number of nitrogens with one attached hydrogen (secondary N) is 2. The van der Waals surface area contributed by atoms with Gasteiger partial charge in [-0.25, -0.2) is 4.39 Å². The van der Waals surface area contributed by atoms with Crippen molar-refractivity contribution in [3.63, 3.8) is 0 Å². The summed E-state index contributed by atoms with van der Waals surface area (Å²) in [5, 5.41) is 6.15. The summed E-state index contributed by atoms with van der Waals surface area (Å²) in [5.74, 6) is -0.676. The van der Waals surface area contributed by atoms with Crippen LogP contribution in [0.4, 0.5) is 10.1 Å². The number of alkyl halides is 1. The van der Waals surface area contributed by atoms with E-state index in [0.717, 1.165) is 32.5 Å². The van der Waals surface area contributed by atoms with Gasteiger partial charge in [-0.1, -0.05) is 40.8 Å². The Kier molecular flexibility index (Phi) is 10.0. The summed E-state index contributed by atoms with van der Waals surface area (Å²) in [7, 11) is 7.93. The minimum Gasteiger partial charge on any atom is -0.383 e. The Morgan fingerprint density at radius 1 is 1.22 bits per heavy atom. The van der Waals surface area contributed by atoms with Crippen molar-refractivity contribution < 1.29 is 13.9 Å². The average molecular weight is 678 g/mol. The van der Waals surface area contributed by atoms with E-state index in [1.54, 1.807) is 35.9 Å². The van der Waals surface area contributed by atoms with Crippen molar-refractivity contribution in [1.82, 2.24) is 14.8 Å². The number of rotatable bonds is 10. The quantitative estimate of drug-likeness (QED) is 0.225. The maximum atomic E-state index is 15.2. The number of hydrogen-bond acceptors (Lipinski definition) is 5. The van der Waals surface area contributed by atoms with E-state index in [0.29, 0.717) is 42.1 Å². The SMILES string of the molecule is C[C@@H](NC(=O)c1cn(C2(C(P)I)CC2)c(=O)cc1NCCN1CCOCC1)c1cccc(C(P)P)c1F. The molecule has 0 bridgehead atoms. The minimum atomic E-state index is -0.559. The first-order valence-electron chi connectivity index (χ1n) is 12.4. The second-order valence-corrected chi connectivity index (χ2v) is 15.2. The molecule has 2 fully saturated rings. The number of pyridine rings is 1. The first-order valence-corrected chi connectivity index (χ1v) is 15.7. The summed E-state index contributed by atoms with van der Waals surface area (Å²) in [6, 6.07) is 6.20. The topological polar surface area (TPSA) is 75.6 Å². The second-order valence-electron chi connectivity index (χ2n) is 9.67. The second kappa shape index (κ2) is 12.7. The molecule has 1 aliphatic heterocycles. The summed E-state index contributed by atoms with van der Waals surface area (Å²) in [4.78, 5) is 29.0. The first-order chi connectivity index (χ1) is 17.6. The lowest BCUT2D eigenvalue weighted by Gasteiger charge is -2.27. The normalized spacial score (nSPS) is 18.9. The number of ether oxygens (including phenoxy) is 1. The van der Waals surface area contributed by atoms with E-state index >= 15 is 4.39 Å². The molecule has 4 rings (SSSR count). The van der Waals surface area contributed by atoms with Crippen LogP contribution in [0.2, 0.25) is 0 Å². The predicted molar refractivity (Wildman–Crippen MR) is 166 cm³/mol. The van der Waals surface area contributed by atoms with Crippen molar-refractivity contribution in [3.8, 4) is 0 Å². The van der Waals surface area contributed by atoms with Gasteiger partial charge in [0, 0.05) is 53.1 Å². The number of morpholine rings is 1. The zero-order chi connectivity index (χ0) is 26.7. The number of aromatic nitrogens is 1. The van der Waals surface area contributed by atoms with E-state index in [9.17, 15) is 9.59 Å². The van der Waals surface area contributed by atoms with Crippen LogP contribution in [-0.4, -0.2) is 58.4 Å². The highest BCUT2D eigenvalue weighted by Gasteiger charge is 2.49. The monoisotopic (exact) mass is 678 g/mol. The van der Waals surface area contributed by atoms with Gasteiger partial charge in [0.25, 0.3) is 11.5 Å². The van der Waals surface area contributed by atoms with Gasteiger partial charge < -0.3 is 19.9 Å². The fourth-order valence-electron chi connectivity index (χ4n) is 4.67. The summed E-state index contributed by atoms with van der Waals surface area (Å²) in [5.41, 5.74) is 1.41. The van der Waals surface area contributed by atoms with Gasteiger partial charge in [0.15, 0.2) is 0 Å². The highest BCUT2D eigenvalue weighted by molar-refractivity contribution is 14.1. The average Bonchev–Trinajstić information content (AvgIpc) is 3.67. The van der Waals surface area contributed by atoms with Crippen molar-refractivity contribution in [2.75, 3.05) is 44.7 Å². The third kappa shape index (κ3) is 6.73. The molecule has 1 aromatic heterocycles. The van der Waals surface area contributed by atoms with E-state index in [-0.39, 0.29) is 31.9 Å². The Balaban J connectivity index is 1.60. The Morgan fingerprint density at radius 2 is 1.89 bits per heavy atom. The van der Waals surface area contributed by atoms with Gasteiger partial charge in [0.05, 0.1) is 36.0 Å². The molecule has 1 saturated heterocycles. The molecule has 2 heterocycles. The molecule has 202 valence electrons. The largest absolute Gasteiger partial charge is 0.383 e. The van der Waals surface area contributed by atoms with Crippen molar-refractivity contribution in [3.05, 3.63) is 63.3 Å². The molecule has 37 heavy (non-hydrogen) atoms. The summed E-state index contributed by atoms with van der Waals surface area (Å²) >= 11 is 2.32. The number of amides is 1. The van der Waals surface area contributed by atoms with Crippen molar-refractivity contribution in [2.24, 2.45) is 0 Å². The number of hydrogen-bond donors (Lipinski definition) is 2. The van der Waals surface area contributed by atoms with Crippen LogP contribution < -0.4 is 16.2 Å². The third-order valence-corrected chi connectivity index (χ3v) is 9.63. The van der Waals surface area contributed by atoms with Gasteiger partial charge in [-0.2, -0.15) is 0 Å². The number of benzene rings is 1. The molecule has 2 aromatic rings. The predicted octanol–water partition coefficient (Wildman–Crippen LogP) is 4.10. The van der Waals surface area contributed by atoms with E-state index in [1.165, 1.54) is 6.07 Å². The number of carbonyl (C=O) groups excluding carboxylic acids is 1. The number of anilines is 1. The van der Waals surface area contributed by atoms with Crippen LogP contribution in [0.1, 0.15) is 52.7 Å². The fourth-order valence-corrected chi connectivity index (χ4v) is 6.60. The van der Waals surface area contributed by atoms with Crippen molar-refractivity contribution in [2.45, 2.75) is 40.4 Å². The lowest BCUT2D eigenvalue weighted by Crippen LogP contribution is -2.39. The molecule has 1 amide bonds. The molecule has 0 spiro atoms. The van der Waals surface area contributed by atoms with E-state index in [1.807, 2.05) is 0 Å². The molecule has 2 aliphatic rings. The van der Waals surface area contributed by atoms with Gasteiger partial charge in [-0.05, 0) is 25.3 Å². The summed E-state index contributed by atoms with van der Waals surface area (Å²) in [6.45, 7) is 6.28. The van der Waals surface area contributed by atoms with Crippen LogP contribution in [0.3, 0.4) is 0 Å². The van der Waals surface area contributed by atoms with E-state index in [4.69, 9.17) is 4.74 Å². The lowest BCUT2D eigenvalue weighted by molar-refractivity contribution is 0.0398. The van der Waals surface area contributed by atoms with Crippen LogP contribution in [0.5, 0.6) is 0 Å². The molecule has 1 aliphatic carbocycles. The lowest BCUT2D eigenvalue weighted by atomic mass is 10.0. The summed E-state index contributed by atoms with van der Waals surface area (Å²) < 4.78 is 22.4. The standard InChI is InChI=1S/C25H35FIN4O3P3/c1-15(16-3-2-4-17(21(16)26)23(35)36)29-22(33)18-14-31(25(5-6-25)24(27)37)20(32)13-19(18)28-7-8-30-9-11-34-12-10-30/h2-4,13-15,23-24,28H,5-12,35-37H2,1H3,(H,29,33)/t15-,24?/m1/s1. The molecular weight excluding hydrogens is 643 g/mol. The van der Waals surface area contributed by atoms with E-state index in [2.05, 4.69) is 65.8 Å². The molecule has 1 aromatic carbocycles. The number of halogens is 2. The molecule has 4 unspecified atom stereocenters. The Hall–Kier alpha value is -0.690. The Morgan fingerprint density at radius 3 is 2.51 bits per heavy atom. The van der Waals surface area contributed by atoms with Crippen molar-refractivity contribution >= 4 is 61.9 Å². The Labute approximate surface area is 238 Å². The molecule has 7 nitrogen and oxygen atoms in total. The van der Waals surface area contributed by atoms with Gasteiger partial charge in [-0.15, -0.1) is 27.7 Å². The van der Waals surface area contributed by atoms with Gasteiger partial charge in [0.2, 0.25) is 0 Å². The molecule has 2 N–H and O–H groups in total. The van der Waals surface area contributed by atoms with Gasteiger partial charge in [0.1, 0.15) is 5.82 Å². The van der Waals surface area contributed by atoms with Crippen LogP contribution in [-0.2, 0) is 10.3 Å². The van der Waals surface area contributed by atoms with Crippen molar-refractivity contribution in [1.29, 1.82) is 0 Å². The highest BCUT2D eigenvalue weighted by Crippen LogP contribution is 2.51. The smallest absolute Gasteiger partial charge is 0.255 e. The number of nitrogens with zero attached hydrogens (tertiary/aromatic N) is 2. The van der Waals surface area contributed by atoms with Gasteiger partial charge in [-0.3, -0.25) is 14.5 Å². The molecule has 0 radical (unpaired) electrons. The van der Waals surface area contributed by atoms with Gasteiger partial charge >= 0.3 is 0 Å². The highest BCUT2D eigenvalue weighted by atomic mass is 127. The van der Waals surface area contributed by atoms with Crippen LogP contribution >= 0.6 is 50.3 Å². The third-order valence-electron chi connectivity index (χ3n) is 7.13. The minimum absolute atomic E-state index is 0.128. The Bertz CT molecular complexity index is 1190. The zero-order valence-corrected chi connectivity index (χ0v) is 26.5. The fraction of sp³-hybridized carbons (Fsp3) is 0.520. The maximum Gasteiger partial charge on any atom is 0.255 e. The molecule has 1 saturated carbocycles. The van der Waals surface area contributed by atoms with Crippen LogP contribution in [0, 0.1) is 5.82 Å². The van der Waals surface area contributed by atoms with Crippen LogP contribution in [0.25, 0.3) is 0 Å². The maximum absolute atomic E-state index is 15.2. The molecular formula is C25H35FIN4O3P3. The van der Waals surface area contributed by atoms with Crippen LogP contribution in [0.15, 0.2) is 35.3 Å². The summed E-state index contributed by atoms with van der Waals surface area (Å²) in [6.07, 6.45) is 3.45. The first kappa shape index (κ1) is 29.3. The van der Waals surface area contributed by atoms with E-state index < -0.39 is 6.04 Å². The number of carbonyl (C=O) groups is 1. The molecule has 5 atom stereocenters.